The predicted molar refractivity (Wildman–Crippen MR) is 98.0 cm³/mol. The summed E-state index contributed by atoms with van der Waals surface area (Å²) in [6.07, 6.45) is -2.56. The Kier molecular flexibility index (Phi) is 4.61. The lowest BCUT2D eigenvalue weighted by Gasteiger charge is -2.38. The molecular formula is C21H19F3N2O2. The number of rotatable bonds is 2. The fraction of sp³-hybridized carbons (Fsp3) is 0.333. The van der Waals surface area contributed by atoms with E-state index in [2.05, 4.69) is 5.16 Å². The highest BCUT2D eigenvalue weighted by Crippen LogP contribution is 2.36. The smallest absolute Gasteiger partial charge is 0.387 e. The van der Waals surface area contributed by atoms with Crippen LogP contribution in [0.25, 0.3) is 0 Å². The Morgan fingerprint density at radius 2 is 1.89 bits per heavy atom. The Hall–Kier alpha value is -2.83. The summed E-state index contributed by atoms with van der Waals surface area (Å²) in [6.45, 7) is 0.990. The number of hydrogen-bond donors (Lipinski definition) is 0. The van der Waals surface area contributed by atoms with Gasteiger partial charge in [0.25, 0.3) is 5.91 Å². The van der Waals surface area contributed by atoms with Crippen molar-refractivity contribution in [3.8, 4) is 0 Å². The highest BCUT2D eigenvalue weighted by Gasteiger charge is 2.44. The van der Waals surface area contributed by atoms with Crippen LogP contribution in [-0.2, 0) is 11.0 Å². The lowest BCUT2D eigenvalue weighted by atomic mass is 9.86. The van der Waals surface area contributed by atoms with Crippen molar-refractivity contribution >= 4 is 11.6 Å². The molecule has 1 saturated heterocycles. The maximum Gasteiger partial charge on any atom is 0.416 e. The fourth-order valence-corrected chi connectivity index (χ4v) is 3.80. The van der Waals surface area contributed by atoms with Crippen LogP contribution >= 0.6 is 0 Å². The normalized spacial score (nSPS) is 22.1. The molecule has 1 spiro atoms. The topological polar surface area (TPSA) is 41.9 Å². The molecule has 0 bridgehead atoms. The number of carbonyl (C=O) groups excluding carboxylic acids is 1. The number of alkyl halides is 3. The third kappa shape index (κ3) is 3.61. The van der Waals surface area contributed by atoms with Crippen LogP contribution in [0.3, 0.4) is 0 Å². The van der Waals surface area contributed by atoms with E-state index in [4.69, 9.17) is 4.84 Å². The molecule has 4 nitrogen and oxygen atoms in total. The SMILES string of the molecule is O=C(c1ccccc1)N1CCCC2(CC(c3cccc(C(F)(F)F)c3)=NO2)C1. The lowest BCUT2D eigenvalue weighted by Crippen LogP contribution is -2.50. The van der Waals surface area contributed by atoms with E-state index in [1.807, 2.05) is 18.2 Å². The van der Waals surface area contributed by atoms with Gasteiger partial charge in [0.2, 0.25) is 0 Å². The molecule has 0 radical (unpaired) electrons. The molecule has 2 aliphatic rings. The van der Waals surface area contributed by atoms with Crippen molar-refractivity contribution in [2.45, 2.75) is 31.0 Å². The van der Waals surface area contributed by atoms with Crippen LogP contribution in [0.4, 0.5) is 13.2 Å². The first-order valence-electron chi connectivity index (χ1n) is 9.13. The Bertz CT molecular complexity index is 911. The molecule has 0 aliphatic carbocycles. The van der Waals surface area contributed by atoms with E-state index in [0.717, 1.165) is 18.6 Å². The summed E-state index contributed by atoms with van der Waals surface area (Å²) < 4.78 is 39.0. The molecule has 4 rings (SSSR count). The number of carbonyl (C=O) groups is 1. The van der Waals surface area contributed by atoms with E-state index in [1.165, 1.54) is 6.07 Å². The molecule has 28 heavy (non-hydrogen) atoms. The summed E-state index contributed by atoms with van der Waals surface area (Å²) in [6, 6.07) is 14.1. The Balaban J connectivity index is 1.50. The standard InChI is InChI=1S/C21H19F3N2O2/c22-21(23,24)17-9-4-8-16(12-17)18-13-20(28-25-18)10-5-11-26(14-20)19(27)15-6-2-1-3-7-15/h1-4,6-9,12H,5,10-11,13-14H2. The minimum absolute atomic E-state index is 0.0733. The second-order valence-electron chi connectivity index (χ2n) is 7.26. The van der Waals surface area contributed by atoms with Gasteiger partial charge in [0, 0.05) is 24.1 Å². The number of hydrogen-bond acceptors (Lipinski definition) is 3. The second kappa shape index (κ2) is 6.96. The maximum atomic E-state index is 13.0. The first-order chi connectivity index (χ1) is 13.4. The Morgan fingerprint density at radius 1 is 1.11 bits per heavy atom. The first kappa shape index (κ1) is 18.5. The van der Waals surface area contributed by atoms with Gasteiger partial charge in [-0.3, -0.25) is 4.79 Å². The van der Waals surface area contributed by atoms with Crippen LogP contribution in [0.2, 0.25) is 0 Å². The van der Waals surface area contributed by atoms with Crippen molar-refractivity contribution in [1.82, 2.24) is 4.90 Å². The summed E-state index contributed by atoms with van der Waals surface area (Å²) in [5.41, 5.74) is 0.111. The van der Waals surface area contributed by atoms with Crippen molar-refractivity contribution in [2.75, 3.05) is 13.1 Å². The molecule has 2 aromatic carbocycles. The summed E-state index contributed by atoms with van der Waals surface area (Å²) in [7, 11) is 0. The minimum atomic E-state index is -4.41. The highest BCUT2D eigenvalue weighted by atomic mass is 19.4. The van der Waals surface area contributed by atoms with Gasteiger partial charge in [-0.25, -0.2) is 0 Å². The molecule has 2 aromatic rings. The number of benzene rings is 2. The van der Waals surface area contributed by atoms with E-state index in [1.54, 1.807) is 23.1 Å². The zero-order chi connectivity index (χ0) is 19.8. The summed E-state index contributed by atoms with van der Waals surface area (Å²) >= 11 is 0. The van der Waals surface area contributed by atoms with Crippen LogP contribution in [-0.4, -0.2) is 35.2 Å². The van der Waals surface area contributed by atoms with Gasteiger partial charge in [0.1, 0.15) is 0 Å². The lowest BCUT2D eigenvalue weighted by molar-refractivity contribution is -0.137. The van der Waals surface area contributed by atoms with E-state index in [0.29, 0.717) is 42.8 Å². The molecule has 2 aliphatic heterocycles. The van der Waals surface area contributed by atoms with Gasteiger partial charge in [0.05, 0.1) is 17.8 Å². The highest BCUT2D eigenvalue weighted by molar-refractivity contribution is 6.02. The van der Waals surface area contributed by atoms with Gasteiger partial charge < -0.3 is 9.74 Å². The van der Waals surface area contributed by atoms with Gasteiger partial charge in [0.15, 0.2) is 5.60 Å². The Labute approximate surface area is 160 Å². The van der Waals surface area contributed by atoms with Crippen molar-refractivity contribution in [3.05, 3.63) is 71.3 Å². The van der Waals surface area contributed by atoms with E-state index >= 15 is 0 Å². The zero-order valence-corrected chi connectivity index (χ0v) is 15.1. The summed E-state index contributed by atoms with van der Waals surface area (Å²) in [5.74, 6) is -0.0733. The molecule has 1 unspecified atom stereocenters. The Morgan fingerprint density at radius 3 is 2.64 bits per heavy atom. The monoisotopic (exact) mass is 388 g/mol. The molecule has 0 saturated carbocycles. The van der Waals surface area contributed by atoms with Crippen LogP contribution in [0, 0.1) is 0 Å². The molecular weight excluding hydrogens is 369 g/mol. The van der Waals surface area contributed by atoms with E-state index < -0.39 is 17.3 Å². The summed E-state index contributed by atoms with van der Waals surface area (Å²) in [4.78, 5) is 20.2. The average Bonchev–Trinajstić information content (AvgIpc) is 3.11. The van der Waals surface area contributed by atoms with Crippen LogP contribution in [0.5, 0.6) is 0 Å². The third-order valence-electron chi connectivity index (χ3n) is 5.21. The van der Waals surface area contributed by atoms with Crippen molar-refractivity contribution in [2.24, 2.45) is 5.16 Å². The molecule has 2 heterocycles. The molecule has 146 valence electrons. The molecule has 0 aromatic heterocycles. The predicted octanol–water partition coefficient (Wildman–Crippen LogP) is 4.50. The third-order valence-corrected chi connectivity index (χ3v) is 5.21. The second-order valence-corrected chi connectivity index (χ2v) is 7.26. The molecule has 0 N–H and O–H groups in total. The quantitative estimate of drug-likeness (QED) is 0.760. The van der Waals surface area contributed by atoms with Crippen molar-refractivity contribution in [1.29, 1.82) is 0 Å². The first-order valence-corrected chi connectivity index (χ1v) is 9.13. The number of oxime groups is 1. The van der Waals surface area contributed by atoms with Crippen LogP contribution in [0.15, 0.2) is 59.8 Å². The number of nitrogens with zero attached hydrogens (tertiary/aromatic N) is 2. The number of likely N-dealkylation sites (tertiary alicyclic amines) is 1. The fourth-order valence-electron chi connectivity index (χ4n) is 3.80. The van der Waals surface area contributed by atoms with Crippen molar-refractivity contribution in [3.63, 3.8) is 0 Å². The summed E-state index contributed by atoms with van der Waals surface area (Å²) in [5, 5.41) is 4.08. The largest absolute Gasteiger partial charge is 0.416 e. The van der Waals surface area contributed by atoms with Gasteiger partial charge in [-0.2, -0.15) is 13.2 Å². The van der Waals surface area contributed by atoms with Gasteiger partial charge >= 0.3 is 6.18 Å². The number of piperidine rings is 1. The average molecular weight is 388 g/mol. The minimum Gasteiger partial charge on any atom is -0.387 e. The van der Waals surface area contributed by atoms with Crippen LogP contribution < -0.4 is 0 Å². The van der Waals surface area contributed by atoms with Crippen molar-refractivity contribution < 1.29 is 22.8 Å². The molecule has 1 amide bonds. The number of halogens is 3. The van der Waals surface area contributed by atoms with Gasteiger partial charge in [-0.1, -0.05) is 35.5 Å². The zero-order valence-electron chi connectivity index (χ0n) is 15.1. The van der Waals surface area contributed by atoms with E-state index in [9.17, 15) is 18.0 Å². The van der Waals surface area contributed by atoms with Crippen LogP contribution in [0.1, 0.15) is 40.7 Å². The molecule has 1 atom stereocenters. The number of amides is 1. The molecule has 7 heteroatoms. The van der Waals surface area contributed by atoms with Gasteiger partial charge in [-0.05, 0) is 37.1 Å². The molecule has 1 fully saturated rings. The maximum absolute atomic E-state index is 13.0. The van der Waals surface area contributed by atoms with Gasteiger partial charge in [-0.15, -0.1) is 0 Å². The van der Waals surface area contributed by atoms with E-state index in [-0.39, 0.29) is 5.91 Å².